The highest BCUT2D eigenvalue weighted by atomic mass is 35.5. The summed E-state index contributed by atoms with van der Waals surface area (Å²) in [5, 5.41) is -0.196. The molecule has 0 aliphatic carbocycles. The number of ether oxygens (including phenoxy) is 1. The molecule has 2 aromatic carbocycles. The van der Waals surface area contributed by atoms with Crippen LogP contribution in [0.2, 0.25) is 5.02 Å². The first-order valence-corrected chi connectivity index (χ1v) is 9.66. The number of nitrogens with one attached hydrogen (secondary N) is 1. The Balaban J connectivity index is 2.19. The maximum atomic E-state index is 14.0. The summed E-state index contributed by atoms with van der Waals surface area (Å²) in [4.78, 5) is 19.3. The van der Waals surface area contributed by atoms with Gasteiger partial charge in [0.05, 0.1) is 29.4 Å². The Hall–Kier alpha value is -3.17. The summed E-state index contributed by atoms with van der Waals surface area (Å²) in [5.74, 6) is 0.346. The molecule has 10 heteroatoms. The van der Waals surface area contributed by atoms with Crippen LogP contribution >= 0.6 is 23.8 Å². The van der Waals surface area contributed by atoms with Gasteiger partial charge >= 0.3 is 6.18 Å². The number of para-hydroxylation sites is 2. The fraction of sp³-hybridized carbons (Fsp3) is 0.0952. The number of hydrogen-bond acceptors (Lipinski definition) is 4. The van der Waals surface area contributed by atoms with E-state index in [4.69, 9.17) is 28.6 Å². The lowest BCUT2D eigenvalue weighted by molar-refractivity contribution is -0.136. The van der Waals surface area contributed by atoms with E-state index in [0.29, 0.717) is 22.0 Å². The van der Waals surface area contributed by atoms with Crippen molar-refractivity contribution in [3.8, 4) is 22.7 Å². The van der Waals surface area contributed by atoms with Crippen LogP contribution in [-0.2, 0) is 6.18 Å². The largest absolute Gasteiger partial charge is 0.495 e. The standard InChI is InChI=1S/C21H13ClF3N3O2S/c1-30-16-5-3-2-4-15(16)28-18-17(19(29)27-20(28)31)13(21(23,24)25)10-14(26-18)11-6-8-12(22)9-7-11/h2-10H,1H3,(H,27,29,31). The molecule has 2 aromatic heterocycles. The number of fused-ring (bicyclic) bond motifs is 1. The highest BCUT2D eigenvalue weighted by molar-refractivity contribution is 7.71. The predicted octanol–water partition coefficient (Wildman–Crippen LogP) is 5.79. The Morgan fingerprint density at radius 3 is 2.45 bits per heavy atom. The van der Waals surface area contributed by atoms with Crippen LogP contribution in [-0.4, -0.2) is 21.6 Å². The molecule has 4 rings (SSSR count). The summed E-state index contributed by atoms with van der Waals surface area (Å²) in [6.45, 7) is 0. The van der Waals surface area contributed by atoms with Crippen LogP contribution in [0.4, 0.5) is 13.2 Å². The van der Waals surface area contributed by atoms with Gasteiger partial charge in [0, 0.05) is 10.6 Å². The minimum atomic E-state index is -4.81. The molecule has 0 saturated heterocycles. The van der Waals surface area contributed by atoms with Crippen molar-refractivity contribution in [1.29, 1.82) is 0 Å². The van der Waals surface area contributed by atoms with E-state index in [1.165, 1.54) is 11.7 Å². The molecule has 0 fully saturated rings. The van der Waals surface area contributed by atoms with Crippen molar-refractivity contribution >= 4 is 34.9 Å². The first kappa shape index (κ1) is 21.1. The zero-order valence-electron chi connectivity index (χ0n) is 15.8. The van der Waals surface area contributed by atoms with Gasteiger partial charge in [-0.15, -0.1) is 0 Å². The number of H-pyrrole nitrogens is 1. The van der Waals surface area contributed by atoms with Gasteiger partial charge in [0.15, 0.2) is 10.4 Å². The first-order chi connectivity index (χ1) is 14.7. The van der Waals surface area contributed by atoms with Gasteiger partial charge in [-0.1, -0.05) is 35.9 Å². The molecule has 0 amide bonds. The van der Waals surface area contributed by atoms with Crippen molar-refractivity contribution in [2.45, 2.75) is 6.18 Å². The summed E-state index contributed by atoms with van der Waals surface area (Å²) >= 11 is 11.2. The SMILES string of the molecule is COc1ccccc1-n1c(=S)[nH]c(=O)c2c(C(F)(F)F)cc(-c3ccc(Cl)cc3)nc21. The molecule has 0 saturated carbocycles. The van der Waals surface area contributed by atoms with Crippen molar-refractivity contribution < 1.29 is 17.9 Å². The smallest absolute Gasteiger partial charge is 0.417 e. The summed E-state index contributed by atoms with van der Waals surface area (Å²) in [5.41, 5.74) is -1.59. The number of rotatable bonds is 3. The first-order valence-electron chi connectivity index (χ1n) is 8.87. The lowest BCUT2D eigenvalue weighted by Gasteiger charge is -2.17. The lowest BCUT2D eigenvalue weighted by atomic mass is 10.1. The fourth-order valence-electron chi connectivity index (χ4n) is 3.26. The number of nitrogens with zero attached hydrogens (tertiary/aromatic N) is 2. The predicted molar refractivity (Wildman–Crippen MR) is 115 cm³/mol. The molecule has 0 aliphatic heterocycles. The summed E-state index contributed by atoms with van der Waals surface area (Å²) in [7, 11) is 1.42. The number of hydrogen-bond donors (Lipinski definition) is 1. The third-order valence-electron chi connectivity index (χ3n) is 4.63. The van der Waals surface area contributed by atoms with E-state index in [9.17, 15) is 18.0 Å². The molecule has 2 heterocycles. The lowest BCUT2D eigenvalue weighted by Crippen LogP contribution is -2.20. The molecule has 0 atom stereocenters. The molecule has 5 nitrogen and oxygen atoms in total. The van der Waals surface area contributed by atoms with Crippen LogP contribution in [0.3, 0.4) is 0 Å². The molecular formula is C21H13ClF3N3O2S. The van der Waals surface area contributed by atoms with Gasteiger partial charge in [0.2, 0.25) is 0 Å². The van der Waals surface area contributed by atoms with Crippen LogP contribution in [0.5, 0.6) is 5.75 Å². The summed E-state index contributed by atoms with van der Waals surface area (Å²) < 4.78 is 48.4. The number of halogens is 4. The number of aromatic amines is 1. The normalized spacial score (nSPS) is 11.6. The summed E-state index contributed by atoms with van der Waals surface area (Å²) in [6.07, 6.45) is -4.81. The Bertz CT molecular complexity index is 1410. The van der Waals surface area contributed by atoms with Crippen LogP contribution in [0.1, 0.15) is 5.56 Å². The second-order valence-electron chi connectivity index (χ2n) is 6.52. The van der Waals surface area contributed by atoms with E-state index in [1.54, 1.807) is 48.5 Å². The highest BCUT2D eigenvalue weighted by Gasteiger charge is 2.35. The minimum Gasteiger partial charge on any atom is -0.495 e. The van der Waals surface area contributed by atoms with Crippen LogP contribution in [0, 0.1) is 4.77 Å². The second-order valence-corrected chi connectivity index (χ2v) is 7.35. The Labute approximate surface area is 183 Å². The molecular weight excluding hydrogens is 451 g/mol. The number of aromatic nitrogens is 3. The monoisotopic (exact) mass is 463 g/mol. The molecule has 1 N–H and O–H groups in total. The van der Waals surface area contributed by atoms with Gasteiger partial charge in [-0.3, -0.25) is 14.3 Å². The van der Waals surface area contributed by atoms with Crippen molar-refractivity contribution in [3.05, 3.63) is 80.3 Å². The number of benzene rings is 2. The maximum Gasteiger partial charge on any atom is 0.417 e. The number of alkyl halides is 3. The van der Waals surface area contributed by atoms with Crippen molar-refractivity contribution in [2.75, 3.05) is 7.11 Å². The van der Waals surface area contributed by atoms with E-state index in [1.807, 2.05) is 0 Å². The average molecular weight is 464 g/mol. The quantitative estimate of drug-likeness (QED) is 0.391. The average Bonchev–Trinajstić information content (AvgIpc) is 2.73. The zero-order valence-corrected chi connectivity index (χ0v) is 17.4. The molecule has 0 unspecified atom stereocenters. The molecule has 0 spiro atoms. The van der Waals surface area contributed by atoms with E-state index in [-0.39, 0.29) is 16.1 Å². The van der Waals surface area contributed by atoms with Gasteiger partial charge in [-0.2, -0.15) is 13.2 Å². The van der Waals surface area contributed by atoms with Crippen LogP contribution in [0.25, 0.3) is 28.0 Å². The molecule has 0 aliphatic rings. The van der Waals surface area contributed by atoms with Gasteiger partial charge < -0.3 is 4.74 Å². The van der Waals surface area contributed by atoms with Gasteiger partial charge in [-0.05, 0) is 42.5 Å². The number of methoxy groups -OCH3 is 1. The third kappa shape index (κ3) is 3.82. The zero-order chi connectivity index (χ0) is 22.3. The second kappa shape index (κ2) is 7.82. The topological polar surface area (TPSA) is 59.9 Å². The highest BCUT2D eigenvalue weighted by Crippen LogP contribution is 2.36. The molecule has 158 valence electrons. The van der Waals surface area contributed by atoms with E-state index < -0.39 is 22.7 Å². The van der Waals surface area contributed by atoms with Crippen molar-refractivity contribution in [1.82, 2.24) is 14.5 Å². The minimum absolute atomic E-state index is 0.0140. The van der Waals surface area contributed by atoms with E-state index in [2.05, 4.69) is 9.97 Å². The van der Waals surface area contributed by atoms with Gasteiger partial charge in [0.25, 0.3) is 5.56 Å². The molecule has 4 aromatic rings. The van der Waals surface area contributed by atoms with E-state index >= 15 is 0 Å². The Morgan fingerprint density at radius 2 is 1.81 bits per heavy atom. The number of pyridine rings is 1. The van der Waals surface area contributed by atoms with Crippen molar-refractivity contribution in [3.63, 3.8) is 0 Å². The van der Waals surface area contributed by atoms with Gasteiger partial charge in [-0.25, -0.2) is 4.98 Å². The van der Waals surface area contributed by atoms with Gasteiger partial charge in [0.1, 0.15) is 5.75 Å². The Morgan fingerprint density at radius 1 is 1.13 bits per heavy atom. The Kier molecular flexibility index (Phi) is 5.32. The summed E-state index contributed by atoms with van der Waals surface area (Å²) in [6, 6.07) is 13.6. The van der Waals surface area contributed by atoms with E-state index in [0.717, 1.165) is 6.07 Å². The fourth-order valence-corrected chi connectivity index (χ4v) is 3.66. The maximum absolute atomic E-state index is 14.0. The molecule has 31 heavy (non-hydrogen) atoms. The van der Waals surface area contributed by atoms with Crippen LogP contribution < -0.4 is 10.3 Å². The van der Waals surface area contributed by atoms with Crippen LogP contribution in [0.15, 0.2) is 59.4 Å². The van der Waals surface area contributed by atoms with Crippen molar-refractivity contribution in [2.24, 2.45) is 0 Å². The molecule has 0 radical (unpaired) electrons. The third-order valence-corrected chi connectivity index (χ3v) is 5.17. The molecule has 0 bridgehead atoms.